The average Bonchev–Trinajstić information content (AvgIpc) is 1.50. The molecular formula is B2F4O6SiZn3. The van der Waals surface area contributed by atoms with Crippen LogP contribution in [0.5, 0.6) is 0 Å². The van der Waals surface area contributed by atoms with Gasteiger partial charge in [-0.2, -0.15) is 0 Å². The Morgan fingerprint density at radius 2 is 0.562 bits per heavy atom. The zero-order valence-corrected chi connectivity index (χ0v) is 17.6. The van der Waals surface area contributed by atoms with Crippen LogP contribution in [0.4, 0.5) is 16.4 Å². The van der Waals surface area contributed by atoms with Crippen LogP contribution < -0.4 is 30.1 Å². The molecule has 16 heavy (non-hydrogen) atoms. The number of halogens is 4. The van der Waals surface area contributed by atoms with Crippen molar-refractivity contribution >= 4 is 24.1 Å². The molecule has 0 heterocycles. The van der Waals surface area contributed by atoms with Gasteiger partial charge in [-0.15, -0.1) is 0 Å². The first-order chi connectivity index (χ1) is 5.46. The van der Waals surface area contributed by atoms with E-state index in [4.69, 9.17) is 30.1 Å². The summed E-state index contributed by atoms with van der Waals surface area (Å²) in [6.45, 7) is 0. The van der Waals surface area contributed by atoms with Crippen LogP contribution in [0.2, 0.25) is 0 Å². The molecule has 0 aliphatic heterocycles. The number of rotatable bonds is 0. The number of hydrogen-bond acceptors (Lipinski definition) is 6. The van der Waals surface area contributed by atoms with E-state index in [0.29, 0.717) is 0 Å². The molecule has 0 rings (SSSR count). The average molecular weight is 418 g/mol. The third-order valence-electron chi connectivity index (χ3n) is 0. The SMILES string of the molecule is F[Si](F)(F)F.[O-]B([O-])[O-].[O-]B([O-])[O-].[Zn+2].[Zn+2].[Zn+2]. The van der Waals surface area contributed by atoms with Gasteiger partial charge in [0.05, 0.1) is 0 Å². The molecule has 0 aromatic carbocycles. The number of hydrogen-bond donors (Lipinski definition) is 0. The summed E-state index contributed by atoms with van der Waals surface area (Å²) in [5.74, 6) is 0. The summed E-state index contributed by atoms with van der Waals surface area (Å²) in [6.07, 6.45) is 0. The maximum atomic E-state index is 9.83. The van der Waals surface area contributed by atoms with E-state index in [9.17, 15) is 16.4 Å². The van der Waals surface area contributed by atoms with E-state index >= 15 is 0 Å². The van der Waals surface area contributed by atoms with E-state index in [1.807, 2.05) is 0 Å². The standard InChI is InChI=1S/2BO3.F4Si.3Zn/c2*2-1(3)4;1-5(2,3)4;;;/q2*-3;;3*+2. The zero-order chi connectivity index (χ0) is 11.7. The van der Waals surface area contributed by atoms with Crippen molar-refractivity contribution in [1.82, 2.24) is 0 Å². The summed E-state index contributed by atoms with van der Waals surface area (Å²) >= 11 is 0. The van der Waals surface area contributed by atoms with Crippen LogP contribution >= 0.6 is 0 Å². The predicted octanol–water partition coefficient (Wildman–Crippen LogP) is -6.60. The van der Waals surface area contributed by atoms with Crippen LogP contribution in [0.25, 0.3) is 0 Å². The minimum absolute atomic E-state index is 0. The Morgan fingerprint density at radius 1 is 0.562 bits per heavy atom. The Hall–Kier alpha value is 1.70. The van der Waals surface area contributed by atoms with Gasteiger partial charge in [-0.25, -0.2) is 16.4 Å². The van der Waals surface area contributed by atoms with Gasteiger partial charge < -0.3 is 30.1 Å². The molecule has 0 aliphatic rings. The molecule has 0 saturated carbocycles. The molecular weight excluding hydrogens is 418 g/mol. The molecule has 0 radical (unpaired) electrons. The van der Waals surface area contributed by atoms with Crippen LogP contribution in [0, 0.1) is 0 Å². The third kappa shape index (κ3) is 1180. The van der Waals surface area contributed by atoms with Crippen molar-refractivity contribution in [2.75, 3.05) is 0 Å². The maximum absolute atomic E-state index is 9.83. The first-order valence-corrected chi connectivity index (χ1v) is 3.68. The van der Waals surface area contributed by atoms with Gasteiger partial charge in [0.25, 0.3) is 0 Å². The van der Waals surface area contributed by atoms with Crippen LogP contribution in [-0.4, -0.2) is 24.1 Å². The summed E-state index contributed by atoms with van der Waals surface area (Å²) in [5, 5.41) is 50.5. The summed E-state index contributed by atoms with van der Waals surface area (Å²) < 4.78 is 39.3. The maximum Gasteiger partial charge on any atom is 2.00 e. The van der Waals surface area contributed by atoms with Crippen LogP contribution in [0.3, 0.4) is 0 Å². The molecule has 6 nitrogen and oxygen atoms in total. The smallest absolute Gasteiger partial charge is 0.907 e. The van der Waals surface area contributed by atoms with Gasteiger partial charge in [0.1, 0.15) is 0 Å². The molecule has 0 spiro atoms. The van der Waals surface area contributed by atoms with Gasteiger partial charge >= 0.3 is 67.8 Å². The van der Waals surface area contributed by atoms with Crippen LogP contribution in [0.1, 0.15) is 0 Å². The first-order valence-electron chi connectivity index (χ1n) is 2.17. The molecule has 0 unspecified atom stereocenters. The molecule has 0 amide bonds. The topological polar surface area (TPSA) is 138 Å². The Bertz CT molecular complexity index is 88.8. The minimum Gasteiger partial charge on any atom is -0.907 e. The Kier molecular flexibility index (Phi) is 49.4. The molecule has 0 fully saturated rings. The van der Waals surface area contributed by atoms with E-state index < -0.39 is 24.1 Å². The summed E-state index contributed by atoms with van der Waals surface area (Å²) in [6, 6.07) is 0. The van der Waals surface area contributed by atoms with Crippen molar-refractivity contribution in [3.63, 3.8) is 0 Å². The van der Waals surface area contributed by atoms with Gasteiger partial charge in [-0.3, -0.25) is 14.6 Å². The van der Waals surface area contributed by atoms with Crippen molar-refractivity contribution in [1.29, 1.82) is 0 Å². The fraction of sp³-hybridized carbons (Fsp3) is 0. The van der Waals surface area contributed by atoms with Crippen LogP contribution in [0.15, 0.2) is 0 Å². The molecule has 0 aliphatic carbocycles. The second kappa shape index (κ2) is 21.9. The van der Waals surface area contributed by atoms with Crippen molar-refractivity contribution < 1.29 is 105 Å². The van der Waals surface area contributed by atoms with Gasteiger partial charge in [-0.05, 0) is 0 Å². The van der Waals surface area contributed by atoms with E-state index in [1.54, 1.807) is 0 Å². The second-order valence-corrected chi connectivity index (χ2v) is 1.86. The zero-order valence-electron chi connectivity index (χ0n) is 7.74. The molecule has 0 N–H and O–H groups in total. The summed E-state index contributed by atoms with van der Waals surface area (Å²) in [7, 11) is -12.4. The first kappa shape index (κ1) is 36.1. The fourth-order valence-electron chi connectivity index (χ4n) is 0. The molecule has 16 heteroatoms. The Morgan fingerprint density at radius 3 is 0.562 bits per heavy atom. The van der Waals surface area contributed by atoms with Gasteiger partial charge in [0.15, 0.2) is 0 Å². The fourth-order valence-corrected chi connectivity index (χ4v) is 0. The molecule has 0 bridgehead atoms. The molecule has 0 atom stereocenters. The van der Waals surface area contributed by atoms with E-state index in [0.717, 1.165) is 0 Å². The normalized spacial score (nSPS) is 7.12. The Labute approximate surface area is 128 Å². The van der Waals surface area contributed by atoms with Crippen molar-refractivity contribution in [2.45, 2.75) is 0 Å². The molecule has 0 aromatic rings. The molecule has 0 aromatic heterocycles. The van der Waals surface area contributed by atoms with Gasteiger partial charge in [0, 0.05) is 0 Å². The largest absolute Gasteiger partial charge is 2.00 e. The monoisotopic (exact) mass is 414 g/mol. The van der Waals surface area contributed by atoms with E-state index in [-0.39, 0.29) is 58.4 Å². The third-order valence-corrected chi connectivity index (χ3v) is 0. The Balaban J connectivity index is -0.0000000216. The van der Waals surface area contributed by atoms with E-state index in [2.05, 4.69) is 0 Å². The van der Waals surface area contributed by atoms with Crippen molar-refractivity contribution in [2.24, 2.45) is 0 Å². The summed E-state index contributed by atoms with van der Waals surface area (Å²) in [4.78, 5) is 0. The minimum atomic E-state index is -6.61. The van der Waals surface area contributed by atoms with Gasteiger partial charge in [0.2, 0.25) is 0 Å². The molecule has 80 valence electrons. The van der Waals surface area contributed by atoms with Crippen LogP contribution in [-0.2, 0) is 58.4 Å². The second-order valence-electron chi connectivity index (χ2n) is 1.01. The van der Waals surface area contributed by atoms with Crippen molar-refractivity contribution in [3.05, 3.63) is 0 Å². The quantitative estimate of drug-likeness (QED) is 0.218. The predicted molar refractivity (Wildman–Crippen MR) is 21.7 cm³/mol. The summed E-state index contributed by atoms with van der Waals surface area (Å²) in [5.41, 5.74) is 0. The van der Waals surface area contributed by atoms with E-state index in [1.165, 1.54) is 0 Å². The van der Waals surface area contributed by atoms with Crippen molar-refractivity contribution in [3.8, 4) is 0 Å². The van der Waals surface area contributed by atoms with Gasteiger partial charge in [-0.1, -0.05) is 0 Å². The molecule has 0 saturated heterocycles.